The molecule has 0 aromatic heterocycles. The minimum Gasteiger partial charge on any atom is -0.200 e. The maximum absolute atomic E-state index is 12.3. The van der Waals surface area contributed by atoms with Crippen LogP contribution in [0.25, 0.3) is 0 Å². The fraction of sp³-hybridized carbons (Fsp3) is 0.588. The summed E-state index contributed by atoms with van der Waals surface area (Å²) in [5.74, 6) is 1.42. The van der Waals surface area contributed by atoms with Crippen molar-refractivity contribution in [3.63, 3.8) is 0 Å². The number of nitrogens with zero attached hydrogens (tertiary/aromatic N) is 1. The minimum atomic E-state index is -3.58. The highest BCUT2D eigenvalue weighted by atomic mass is 32.2. The van der Waals surface area contributed by atoms with Gasteiger partial charge in [-0.25, -0.2) is 4.83 Å². The van der Waals surface area contributed by atoms with Crippen molar-refractivity contribution in [3.05, 3.63) is 29.8 Å². The maximum Gasteiger partial charge on any atom is 0.276 e. The molecule has 0 saturated heterocycles. The van der Waals surface area contributed by atoms with Gasteiger partial charge in [-0.05, 0) is 50.2 Å². The summed E-state index contributed by atoms with van der Waals surface area (Å²) in [4.78, 5) is 2.69. The molecule has 0 heterocycles. The SMILES string of the molecule is Cc1ccc(S(=O)(=O)N/N=C2\C[C@H](C)CC[C@H]2C(C)C)cc1. The molecule has 2 atom stereocenters. The number of hydrazone groups is 1. The molecule has 0 unspecified atom stereocenters. The summed E-state index contributed by atoms with van der Waals surface area (Å²) in [6, 6.07) is 6.81. The van der Waals surface area contributed by atoms with E-state index in [1.807, 2.05) is 6.92 Å². The summed E-state index contributed by atoms with van der Waals surface area (Å²) in [5, 5.41) is 4.29. The van der Waals surface area contributed by atoms with Crippen molar-refractivity contribution in [3.8, 4) is 0 Å². The molecule has 0 amide bonds. The molecule has 1 N–H and O–H groups in total. The molecule has 1 fully saturated rings. The Bertz CT molecular complexity index is 633. The van der Waals surface area contributed by atoms with Crippen LogP contribution in [0.3, 0.4) is 0 Å². The van der Waals surface area contributed by atoms with E-state index in [0.29, 0.717) is 17.8 Å². The Morgan fingerprint density at radius 2 is 1.82 bits per heavy atom. The van der Waals surface area contributed by atoms with Crippen LogP contribution in [0.1, 0.15) is 45.6 Å². The molecule has 22 heavy (non-hydrogen) atoms. The fourth-order valence-electron chi connectivity index (χ4n) is 2.98. The van der Waals surface area contributed by atoms with Gasteiger partial charge < -0.3 is 0 Å². The molecule has 1 saturated carbocycles. The highest BCUT2D eigenvalue weighted by Gasteiger charge is 2.27. The number of hydrogen-bond acceptors (Lipinski definition) is 3. The summed E-state index contributed by atoms with van der Waals surface area (Å²) in [7, 11) is -3.58. The van der Waals surface area contributed by atoms with Gasteiger partial charge in [-0.2, -0.15) is 13.5 Å². The van der Waals surface area contributed by atoms with Crippen LogP contribution in [-0.4, -0.2) is 14.1 Å². The second-order valence-corrected chi connectivity index (χ2v) is 8.41. The normalized spacial score (nSPS) is 24.7. The molecule has 0 spiro atoms. The van der Waals surface area contributed by atoms with Crippen LogP contribution in [0.15, 0.2) is 34.3 Å². The van der Waals surface area contributed by atoms with Crippen molar-refractivity contribution in [2.75, 3.05) is 0 Å². The molecule has 1 aliphatic rings. The van der Waals surface area contributed by atoms with Gasteiger partial charge in [0.25, 0.3) is 10.0 Å². The van der Waals surface area contributed by atoms with Crippen molar-refractivity contribution in [2.24, 2.45) is 22.9 Å². The lowest BCUT2D eigenvalue weighted by Gasteiger charge is -2.30. The average Bonchev–Trinajstić information content (AvgIpc) is 2.45. The predicted octanol–water partition coefficient (Wildman–Crippen LogP) is 3.72. The summed E-state index contributed by atoms with van der Waals surface area (Å²) < 4.78 is 24.7. The van der Waals surface area contributed by atoms with Crippen molar-refractivity contribution in [2.45, 2.75) is 51.9 Å². The zero-order chi connectivity index (χ0) is 16.3. The molecule has 2 rings (SSSR count). The number of aryl methyl sites for hydroxylation is 1. The maximum atomic E-state index is 12.3. The van der Waals surface area contributed by atoms with Gasteiger partial charge in [0.15, 0.2) is 0 Å². The van der Waals surface area contributed by atoms with E-state index >= 15 is 0 Å². The minimum absolute atomic E-state index is 0.257. The number of rotatable bonds is 4. The average molecular weight is 322 g/mol. The summed E-state index contributed by atoms with van der Waals surface area (Å²) in [6.45, 7) is 8.47. The van der Waals surface area contributed by atoms with Crippen LogP contribution < -0.4 is 4.83 Å². The first-order chi connectivity index (χ1) is 10.3. The van der Waals surface area contributed by atoms with E-state index in [1.165, 1.54) is 6.42 Å². The third-order valence-electron chi connectivity index (χ3n) is 4.40. The van der Waals surface area contributed by atoms with Crippen LogP contribution in [0.5, 0.6) is 0 Å². The van der Waals surface area contributed by atoms with E-state index in [-0.39, 0.29) is 4.90 Å². The van der Waals surface area contributed by atoms with E-state index < -0.39 is 10.0 Å². The predicted molar refractivity (Wildman–Crippen MR) is 90.3 cm³/mol. The fourth-order valence-corrected chi connectivity index (χ4v) is 3.81. The van der Waals surface area contributed by atoms with Gasteiger partial charge in [0, 0.05) is 11.6 Å². The van der Waals surface area contributed by atoms with Crippen molar-refractivity contribution < 1.29 is 8.42 Å². The molecule has 0 radical (unpaired) electrons. The van der Waals surface area contributed by atoms with Gasteiger partial charge in [-0.15, -0.1) is 0 Å². The smallest absolute Gasteiger partial charge is 0.200 e. The molecule has 0 bridgehead atoms. The Morgan fingerprint density at radius 3 is 2.41 bits per heavy atom. The van der Waals surface area contributed by atoms with E-state index in [0.717, 1.165) is 24.1 Å². The van der Waals surface area contributed by atoms with Crippen LogP contribution in [0.2, 0.25) is 0 Å². The molecular weight excluding hydrogens is 296 g/mol. The zero-order valence-electron chi connectivity index (χ0n) is 13.8. The molecule has 1 aromatic carbocycles. The standard InChI is InChI=1S/C17H26N2O2S/c1-12(2)16-10-7-14(4)11-17(16)18-19-22(20,21)15-8-5-13(3)6-9-15/h5-6,8-9,12,14,16,19H,7,10-11H2,1-4H3/b18-17+/t14-,16+/m1/s1. The van der Waals surface area contributed by atoms with Crippen LogP contribution in [0, 0.1) is 24.7 Å². The summed E-state index contributed by atoms with van der Waals surface area (Å²) >= 11 is 0. The van der Waals surface area contributed by atoms with Crippen molar-refractivity contribution >= 4 is 15.7 Å². The number of benzene rings is 1. The highest BCUT2D eigenvalue weighted by molar-refractivity contribution is 7.89. The molecule has 4 nitrogen and oxygen atoms in total. The first-order valence-corrected chi connectivity index (χ1v) is 9.43. The van der Waals surface area contributed by atoms with Crippen LogP contribution >= 0.6 is 0 Å². The van der Waals surface area contributed by atoms with Gasteiger partial charge >= 0.3 is 0 Å². The Balaban J connectivity index is 2.19. The van der Waals surface area contributed by atoms with E-state index in [1.54, 1.807) is 24.3 Å². The van der Waals surface area contributed by atoms with Gasteiger partial charge in [-0.3, -0.25) is 0 Å². The lowest BCUT2D eigenvalue weighted by molar-refractivity contribution is 0.363. The Morgan fingerprint density at radius 1 is 1.18 bits per heavy atom. The van der Waals surface area contributed by atoms with E-state index in [4.69, 9.17) is 0 Å². The molecule has 1 aromatic rings. The van der Waals surface area contributed by atoms with E-state index in [2.05, 4.69) is 30.7 Å². The summed E-state index contributed by atoms with van der Waals surface area (Å²) in [5.41, 5.74) is 2.02. The first-order valence-electron chi connectivity index (χ1n) is 7.94. The first kappa shape index (κ1) is 17.0. The van der Waals surface area contributed by atoms with Crippen LogP contribution in [-0.2, 0) is 10.0 Å². The topological polar surface area (TPSA) is 58.5 Å². The second-order valence-electron chi connectivity index (χ2n) is 6.75. The highest BCUT2D eigenvalue weighted by Crippen LogP contribution is 2.31. The lowest BCUT2D eigenvalue weighted by atomic mass is 9.76. The lowest BCUT2D eigenvalue weighted by Crippen LogP contribution is -2.31. The zero-order valence-corrected chi connectivity index (χ0v) is 14.7. The third kappa shape index (κ3) is 4.09. The Kier molecular flexibility index (Phi) is 5.27. The molecule has 122 valence electrons. The Hall–Kier alpha value is -1.36. The third-order valence-corrected chi connectivity index (χ3v) is 5.63. The van der Waals surface area contributed by atoms with E-state index in [9.17, 15) is 8.42 Å². The number of hydrogen-bond donors (Lipinski definition) is 1. The Labute approximate surface area is 134 Å². The molecular formula is C17H26N2O2S. The number of nitrogens with one attached hydrogen (secondary N) is 1. The number of sulfonamides is 1. The molecule has 1 aliphatic carbocycles. The molecule has 5 heteroatoms. The largest absolute Gasteiger partial charge is 0.276 e. The van der Waals surface area contributed by atoms with Crippen molar-refractivity contribution in [1.29, 1.82) is 0 Å². The van der Waals surface area contributed by atoms with Crippen LogP contribution in [0.4, 0.5) is 0 Å². The van der Waals surface area contributed by atoms with Crippen molar-refractivity contribution in [1.82, 2.24) is 4.83 Å². The quantitative estimate of drug-likeness (QED) is 0.859. The van der Waals surface area contributed by atoms with Gasteiger partial charge in [0.2, 0.25) is 0 Å². The monoisotopic (exact) mass is 322 g/mol. The van der Waals surface area contributed by atoms with Gasteiger partial charge in [0.05, 0.1) is 4.90 Å². The summed E-state index contributed by atoms with van der Waals surface area (Å²) in [6.07, 6.45) is 3.15. The van der Waals surface area contributed by atoms with Gasteiger partial charge in [-0.1, -0.05) is 38.5 Å². The van der Waals surface area contributed by atoms with Gasteiger partial charge in [0.1, 0.15) is 0 Å². The molecule has 0 aliphatic heterocycles. The second kappa shape index (κ2) is 6.82.